The molecule has 0 spiro atoms. The van der Waals surface area contributed by atoms with Crippen LogP contribution in [0.5, 0.6) is 17.4 Å². The van der Waals surface area contributed by atoms with Crippen LogP contribution in [0.3, 0.4) is 0 Å². The van der Waals surface area contributed by atoms with E-state index in [0.717, 1.165) is 0 Å². The number of ether oxygens (including phenoxy) is 2. The Bertz CT molecular complexity index is 586. The summed E-state index contributed by atoms with van der Waals surface area (Å²) in [6.45, 7) is 0. The minimum absolute atomic E-state index is 0.170. The van der Waals surface area contributed by atoms with Crippen LogP contribution in [0, 0.1) is 0 Å². The Morgan fingerprint density at radius 1 is 1.26 bits per heavy atom. The first-order chi connectivity index (χ1) is 9.17. The van der Waals surface area contributed by atoms with Crippen LogP contribution in [-0.4, -0.2) is 28.2 Å². The number of hydrogen-bond donors (Lipinski definition) is 1. The summed E-state index contributed by atoms with van der Waals surface area (Å²) >= 11 is 0. The summed E-state index contributed by atoms with van der Waals surface area (Å²) in [5, 5.41) is 8.70. The first-order valence-corrected chi connectivity index (χ1v) is 5.52. The average Bonchev–Trinajstić information content (AvgIpc) is 2.38. The molecule has 0 atom stereocenters. The number of rotatable bonds is 5. The van der Waals surface area contributed by atoms with Crippen LogP contribution in [0.2, 0.25) is 0 Å². The van der Waals surface area contributed by atoms with Gasteiger partial charge in [0.1, 0.15) is 17.8 Å². The zero-order chi connectivity index (χ0) is 13.7. The molecule has 1 N–H and O–H groups in total. The van der Waals surface area contributed by atoms with E-state index in [9.17, 15) is 4.79 Å². The summed E-state index contributed by atoms with van der Waals surface area (Å²) in [5.41, 5.74) is 0.389. The van der Waals surface area contributed by atoms with Crippen molar-refractivity contribution in [3.63, 3.8) is 0 Å². The predicted molar refractivity (Wildman–Crippen MR) is 66.4 cm³/mol. The highest BCUT2D eigenvalue weighted by atomic mass is 16.5. The van der Waals surface area contributed by atoms with Crippen molar-refractivity contribution in [3.05, 3.63) is 42.4 Å². The Hall–Kier alpha value is -2.63. The second kappa shape index (κ2) is 5.81. The topological polar surface area (TPSA) is 81.5 Å². The van der Waals surface area contributed by atoms with Gasteiger partial charge in [-0.25, -0.2) is 9.97 Å². The van der Waals surface area contributed by atoms with E-state index >= 15 is 0 Å². The summed E-state index contributed by atoms with van der Waals surface area (Å²) in [6, 6.07) is 8.53. The van der Waals surface area contributed by atoms with E-state index < -0.39 is 5.97 Å². The lowest BCUT2D eigenvalue weighted by atomic mass is 10.3. The SMILES string of the molecule is COc1cccc(Oc2cc(CC(=O)O)ncn2)c1. The first kappa shape index (κ1) is 12.8. The molecule has 6 nitrogen and oxygen atoms in total. The van der Waals surface area contributed by atoms with E-state index in [4.69, 9.17) is 14.6 Å². The van der Waals surface area contributed by atoms with Gasteiger partial charge in [-0.1, -0.05) is 6.07 Å². The van der Waals surface area contributed by atoms with Crippen molar-refractivity contribution >= 4 is 5.97 Å². The summed E-state index contributed by atoms with van der Waals surface area (Å²) < 4.78 is 10.6. The van der Waals surface area contributed by atoms with Gasteiger partial charge in [0, 0.05) is 12.1 Å². The Morgan fingerprint density at radius 3 is 2.79 bits per heavy atom. The van der Waals surface area contributed by atoms with Crippen LogP contribution in [0.15, 0.2) is 36.7 Å². The van der Waals surface area contributed by atoms with E-state index in [2.05, 4.69) is 9.97 Å². The monoisotopic (exact) mass is 260 g/mol. The smallest absolute Gasteiger partial charge is 0.309 e. The van der Waals surface area contributed by atoms with Crippen molar-refractivity contribution in [3.8, 4) is 17.4 Å². The second-order valence-electron chi connectivity index (χ2n) is 3.70. The number of carboxylic acid groups (broad SMARTS) is 1. The third kappa shape index (κ3) is 3.67. The molecule has 2 rings (SSSR count). The number of carbonyl (C=O) groups is 1. The third-order valence-corrected chi connectivity index (χ3v) is 2.29. The standard InChI is InChI=1S/C13H12N2O4/c1-18-10-3-2-4-11(7-10)19-12-5-9(6-13(16)17)14-8-15-12/h2-5,7-8H,6H2,1H3,(H,16,17). The summed E-state index contributed by atoms with van der Waals surface area (Å²) in [5.74, 6) is 0.558. The van der Waals surface area contributed by atoms with Gasteiger partial charge in [0.2, 0.25) is 5.88 Å². The molecule has 19 heavy (non-hydrogen) atoms. The highest BCUT2D eigenvalue weighted by molar-refractivity contribution is 5.69. The van der Waals surface area contributed by atoms with Crippen LogP contribution in [0.4, 0.5) is 0 Å². The minimum Gasteiger partial charge on any atom is -0.497 e. The highest BCUT2D eigenvalue weighted by Gasteiger charge is 2.06. The number of methoxy groups -OCH3 is 1. The molecule has 1 heterocycles. The molecule has 0 aliphatic carbocycles. The molecule has 0 radical (unpaired) electrons. The summed E-state index contributed by atoms with van der Waals surface area (Å²) in [4.78, 5) is 18.4. The van der Waals surface area contributed by atoms with Crippen molar-refractivity contribution in [1.82, 2.24) is 9.97 Å². The number of aliphatic carboxylic acids is 1. The van der Waals surface area contributed by atoms with E-state index in [1.807, 2.05) is 0 Å². The number of nitrogens with zero attached hydrogens (tertiary/aromatic N) is 2. The van der Waals surface area contributed by atoms with Crippen molar-refractivity contribution in [2.24, 2.45) is 0 Å². The maximum Gasteiger partial charge on any atom is 0.309 e. The van der Waals surface area contributed by atoms with E-state index in [0.29, 0.717) is 23.1 Å². The van der Waals surface area contributed by atoms with E-state index in [1.165, 1.54) is 12.4 Å². The molecule has 0 amide bonds. The molecule has 0 aliphatic heterocycles. The highest BCUT2D eigenvalue weighted by Crippen LogP contribution is 2.23. The van der Waals surface area contributed by atoms with Gasteiger partial charge < -0.3 is 14.6 Å². The maximum atomic E-state index is 10.6. The first-order valence-electron chi connectivity index (χ1n) is 5.52. The molecule has 0 saturated heterocycles. The molecule has 0 fully saturated rings. The summed E-state index contributed by atoms with van der Waals surface area (Å²) in [6.07, 6.45) is 1.10. The van der Waals surface area contributed by atoms with Crippen LogP contribution in [0.25, 0.3) is 0 Å². The lowest BCUT2D eigenvalue weighted by Gasteiger charge is -2.06. The van der Waals surface area contributed by atoms with Gasteiger partial charge >= 0.3 is 5.97 Å². The fourth-order valence-electron chi connectivity index (χ4n) is 1.47. The van der Waals surface area contributed by atoms with Gasteiger partial charge in [-0.15, -0.1) is 0 Å². The van der Waals surface area contributed by atoms with Gasteiger partial charge in [0.05, 0.1) is 19.2 Å². The van der Waals surface area contributed by atoms with Crippen molar-refractivity contribution in [2.45, 2.75) is 6.42 Å². The molecule has 2 aromatic rings. The zero-order valence-corrected chi connectivity index (χ0v) is 10.2. The van der Waals surface area contributed by atoms with Crippen molar-refractivity contribution in [2.75, 3.05) is 7.11 Å². The van der Waals surface area contributed by atoms with Crippen molar-refractivity contribution in [1.29, 1.82) is 0 Å². The van der Waals surface area contributed by atoms with E-state index in [-0.39, 0.29) is 6.42 Å². The molecular formula is C13H12N2O4. The molecule has 6 heteroatoms. The normalized spacial score (nSPS) is 9.95. The molecule has 1 aromatic carbocycles. The zero-order valence-electron chi connectivity index (χ0n) is 10.2. The number of benzene rings is 1. The Kier molecular flexibility index (Phi) is 3.92. The van der Waals surface area contributed by atoms with Crippen LogP contribution in [0.1, 0.15) is 5.69 Å². The average molecular weight is 260 g/mol. The molecular weight excluding hydrogens is 248 g/mol. The fraction of sp³-hybridized carbons (Fsp3) is 0.154. The Labute approximate surface area is 109 Å². The van der Waals surface area contributed by atoms with Gasteiger partial charge in [-0.05, 0) is 12.1 Å². The molecule has 98 valence electrons. The van der Waals surface area contributed by atoms with Crippen LogP contribution in [-0.2, 0) is 11.2 Å². The predicted octanol–water partition coefficient (Wildman–Crippen LogP) is 1.90. The molecule has 0 bridgehead atoms. The Morgan fingerprint density at radius 2 is 2.05 bits per heavy atom. The fourth-order valence-corrected chi connectivity index (χ4v) is 1.47. The molecule has 0 unspecified atom stereocenters. The van der Waals surface area contributed by atoms with Gasteiger partial charge in [-0.3, -0.25) is 4.79 Å². The lowest BCUT2D eigenvalue weighted by molar-refractivity contribution is -0.136. The van der Waals surface area contributed by atoms with Crippen molar-refractivity contribution < 1.29 is 19.4 Å². The molecule has 0 aliphatic rings. The molecule has 0 saturated carbocycles. The van der Waals surface area contributed by atoms with Gasteiger partial charge in [0.15, 0.2) is 0 Å². The van der Waals surface area contributed by atoms with Gasteiger partial charge in [-0.2, -0.15) is 0 Å². The number of carboxylic acids is 1. The quantitative estimate of drug-likeness (QED) is 0.884. The third-order valence-electron chi connectivity index (χ3n) is 2.29. The molecule has 1 aromatic heterocycles. The van der Waals surface area contributed by atoms with E-state index in [1.54, 1.807) is 31.4 Å². The minimum atomic E-state index is -0.953. The largest absolute Gasteiger partial charge is 0.497 e. The number of aromatic nitrogens is 2. The maximum absolute atomic E-state index is 10.6. The summed E-state index contributed by atoms with van der Waals surface area (Å²) in [7, 11) is 1.56. The van der Waals surface area contributed by atoms with Gasteiger partial charge in [0.25, 0.3) is 0 Å². The second-order valence-corrected chi connectivity index (χ2v) is 3.70. The Balaban J connectivity index is 2.15. The van der Waals surface area contributed by atoms with Crippen LogP contribution < -0.4 is 9.47 Å². The number of hydrogen-bond acceptors (Lipinski definition) is 5. The van der Waals surface area contributed by atoms with Crippen LogP contribution >= 0.6 is 0 Å². The lowest BCUT2D eigenvalue weighted by Crippen LogP contribution is -2.03.